The normalized spacial score (nSPS) is 17.0. The zero-order chi connectivity index (χ0) is 27.5. The molecule has 4 amide bonds. The van der Waals surface area contributed by atoms with E-state index in [1.807, 2.05) is 35.9 Å². The Morgan fingerprint density at radius 2 is 1.79 bits per heavy atom. The Morgan fingerprint density at radius 3 is 2.51 bits per heavy atom. The third-order valence-electron chi connectivity index (χ3n) is 7.02. The smallest absolute Gasteiger partial charge is 0.294 e. The maximum absolute atomic E-state index is 13.1. The van der Waals surface area contributed by atoms with E-state index in [9.17, 15) is 23.6 Å². The Bertz CT molecular complexity index is 1470. The molecule has 8 nitrogen and oxygen atoms in total. The van der Waals surface area contributed by atoms with Gasteiger partial charge < -0.3 is 15.2 Å². The fourth-order valence-electron chi connectivity index (χ4n) is 5.14. The number of thioether (sulfide) groups is 1. The van der Waals surface area contributed by atoms with Gasteiger partial charge >= 0.3 is 0 Å². The lowest BCUT2D eigenvalue weighted by Crippen LogP contribution is -2.36. The number of carbonyl (C=O) groups is 4. The summed E-state index contributed by atoms with van der Waals surface area (Å²) in [4.78, 5) is 52.1. The Hall–Kier alpha value is -3.92. The second-order valence-electron chi connectivity index (χ2n) is 9.75. The minimum absolute atomic E-state index is 0.0521. The van der Waals surface area contributed by atoms with Gasteiger partial charge in [0.25, 0.3) is 11.1 Å². The van der Waals surface area contributed by atoms with Gasteiger partial charge in [0.15, 0.2) is 0 Å². The van der Waals surface area contributed by atoms with E-state index in [2.05, 4.69) is 10.6 Å². The van der Waals surface area contributed by atoms with Crippen LogP contribution in [0.25, 0.3) is 17.0 Å². The Labute approximate surface area is 229 Å². The van der Waals surface area contributed by atoms with Crippen LogP contribution in [0.5, 0.6) is 0 Å². The summed E-state index contributed by atoms with van der Waals surface area (Å²) in [6.45, 7) is 1.75. The minimum atomic E-state index is -0.567. The lowest BCUT2D eigenvalue weighted by atomic mass is 10.1. The number of rotatable bonds is 8. The number of aromatic nitrogens is 1. The molecule has 2 aliphatic rings. The van der Waals surface area contributed by atoms with E-state index in [0.29, 0.717) is 5.69 Å². The molecule has 202 valence electrons. The number of nitrogens with one attached hydrogen (secondary N) is 2. The van der Waals surface area contributed by atoms with Crippen molar-refractivity contribution in [1.82, 2.24) is 14.8 Å². The van der Waals surface area contributed by atoms with Gasteiger partial charge in [-0.2, -0.15) is 0 Å². The topological polar surface area (TPSA) is 101 Å². The highest BCUT2D eigenvalue weighted by molar-refractivity contribution is 8.18. The number of fused-ring (bicyclic) bond motifs is 1. The fourth-order valence-corrected chi connectivity index (χ4v) is 5.97. The van der Waals surface area contributed by atoms with Crippen molar-refractivity contribution in [2.75, 3.05) is 11.9 Å². The molecule has 0 unspecified atom stereocenters. The Balaban J connectivity index is 1.36. The molecule has 10 heteroatoms. The minimum Gasteiger partial charge on any atom is -0.352 e. The molecule has 1 saturated carbocycles. The van der Waals surface area contributed by atoms with Crippen molar-refractivity contribution >= 4 is 57.4 Å². The van der Waals surface area contributed by atoms with Crippen molar-refractivity contribution in [1.29, 1.82) is 0 Å². The third kappa shape index (κ3) is 5.90. The summed E-state index contributed by atoms with van der Waals surface area (Å²) in [6.07, 6.45) is 8.52. The maximum Gasteiger partial charge on any atom is 0.294 e. The molecular weight excluding hydrogens is 519 g/mol. The molecule has 0 atom stereocenters. The summed E-state index contributed by atoms with van der Waals surface area (Å²) in [5.41, 5.74) is 3.08. The molecule has 2 fully saturated rings. The van der Waals surface area contributed by atoms with Crippen LogP contribution in [0.15, 0.2) is 53.6 Å². The summed E-state index contributed by atoms with van der Waals surface area (Å²) in [5.74, 6) is -1.62. The summed E-state index contributed by atoms with van der Waals surface area (Å²) in [6, 6.07) is 11.3. The highest BCUT2D eigenvalue weighted by atomic mass is 32.2. The molecule has 0 spiro atoms. The van der Waals surface area contributed by atoms with E-state index in [-0.39, 0.29) is 23.4 Å². The second-order valence-corrected chi connectivity index (χ2v) is 10.7. The van der Waals surface area contributed by atoms with E-state index in [0.717, 1.165) is 70.8 Å². The number of imide groups is 1. The van der Waals surface area contributed by atoms with Gasteiger partial charge in [-0.25, -0.2) is 4.39 Å². The van der Waals surface area contributed by atoms with Crippen molar-refractivity contribution in [2.45, 2.75) is 51.6 Å². The number of anilines is 1. The van der Waals surface area contributed by atoms with Crippen molar-refractivity contribution < 1.29 is 23.6 Å². The molecule has 2 N–H and O–H groups in total. The van der Waals surface area contributed by atoms with Crippen LogP contribution in [-0.4, -0.2) is 45.0 Å². The van der Waals surface area contributed by atoms with Crippen molar-refractivity contribution in [3.05, 3.63) is 70.5 Å². The highest BCUT2D eigenvalue weighted by Crippen LogP contribution is 2.35. The van der Waals surface area contributed by atoms with Gasteiger partial charge in [-0.05, 0) is 66.9 Å². The highest BCUT2D eigenvalue weighted by Gasteiger charge is 2.36. The van der Waals surface area contributed by atoms with Gasteiger partial charge in [-0.3, -0.25) is 24.1 Å². The largest absolute Gasteiger partial charge is 0.352 e. The summed E-state index contributed by atoms with van der Waals surface area (Å²) >= 11 is 0.770. The first-order chi connectivity index (χ1) is 18.8. The average Bonchev–Trinajstić information content (AvgIpc) is 3.61. The maximum atomic E-state index is 13.1. The van der Waals surface area contributed by atoms with Gasteiger partial charge in [0.1, 0.15) is 18.9 Å². The van der Waals surface area contributed by atoms with Crippen molar-refractivity contribution in [2.24, 2.45) is 0 Å². The van der Waals surface area contributed by atoms with E-state index in [1.165, 1.54) is 24.3 Å². The van der Waals surface area contributed by atoms with Crippen LogP contribution in [0.2, 0.25) is 0 Å². The molecule has 2 aromatic carbocycles. The molecule has 1 saturated heterocycles. The van der Waals surface area contributed by atoms with Crippen molar-refractivity contribution in [3.63, 3.8) is 0 Å². The first kappa shape index (κ1) is 26.7. The molecule has 1 aliphatic heterocycles. The average molecular weight is 549 g/mol. The SMILES string of the molecule is CCc1cccc2c(/C=C3\SC(=O)N(CC(=O)Nc4ccc(F)cc4)C3=O)cn(CC(=O)NC3CCCC3)c12. The summed E-state index contributed by atoms with van der Waals surface area (Å²) in [7, 11) is 0. The quantitative estimate of drug-likeness (QED) is 0.383. The van der Waals surface area contributed by atoms with Crippen molar-refractivity contribution in [3.8, 4) is 0 Å². The number of carbonyl (C=O) groups excluding carboxylic acids is 4. The lowest BCUT2D eigenvalue weighted by molar-refractivity contribution is -0.127. The zero-order valence-corrected chi connectivity index (χ0v) is 22.4. The number of hydrogen-bond acceptors (Lipinski definition) is 5. The molecule has 0 radical (unpaired) electrons. The number of nitrogens with zero attached hydrogens (tertiary/aromatic N) is 2. The van der Waals surface area contributed by atoms with Crippen LogP contribution in [0.4, 0.5) is 14.9 Å². The Morgan fingerprint density at radius 1 is 1.05 bits per heavy atom. The molecule has 1 aromatic heterocycles. The predicted octanol–water partition coefficient (Wildman–Crippen LogP) is 5.08. The number of halogens is 1. The summed E-state index contributed by atoms with van der Waals surface area (Å²) in [5, 5.41) is 6.02. The van der Waals surface area contributed by atoms with E-state index in [1.54, 1.807) is 6.08 Å². The van der Waals surface area contributed by atoms with Crippen LogP contribution in [0.1, 0.15) is 43.7 Å². The molecule has 0 bridgehead atoms. The van der Waals surface area contributed by atoms with Crippen LogP contribution in [-0.2, 0) is 27.3 Å². The number of aryl methyl sites for hydroxylation is 1. The Kier molecular flexibility index (Phi) is 7.83. The number of amides is 4. The first-order valence-corrected chi connectivity index (χ1v) is 13.8. The lowest BCUT2D eigenvalue weighted by Gasteiger charge is -2.13. The van der Waals surface area contributed by atoms with Crippen LogP contribution in [0.3, 0.4) is 0 Å². The van der Waals surface area contributed by atoms with Gasteiger partial charge in [0, 0.05) is 28.9 Å². The number of hydrogen-bond donors (Lipinski definition) is 2. The molecule has 39 heavy (non-hydrogen) atoms. The molecule has 5 rings (SSSR count). The van der Waals surface area contributed by atoms with Gasteiger partial charge in [0.05, 0.1) is 10.4 Å². The molecule has 1 aliphatic carbocycles. The predicted molar refractivity (Wildman–Crippen MR) is 149 cm³/mol. The van der Waals surface area contributed by atoms with Gasteiger partial charge in [-0.15, -0.1) is 0 Å². The van der Waals surface area contributed by atoms with E-state index >= 15 is 0 Å². The monoisotopic (exact) mass is 548 g/mol. The zero-order valence-electron chi connectivity index (χ0n) is 21.5. The number of para-hydroxylation sites is 1. The van der Waals surface area contributed by atoms with Gasteiger partial charge in [0.2, 0.25) is 11.8 Å². The van der Waals surface area contributed by atoms with E-state index < -0.39 is 29.4 Å². The second kappa shape index (κ2) is 11.4. The summed E-state index contributed by atoms with van der Waals surface area (Å²) < 4.78 is 15.0. The van der Waals surface area contributed by atoms with E-state index in [4.69, 9.17) is 0 Å². The molecule has 3 aromatic rings. The van der Waals surface area contributed by atoms with Crippen LogP contribution in [0, 0.1) is 5.82 Å². The molecular formula is C29H29FN4O4S. The first-order valence-electron chi connectivity index (χ1n) is 13.0. The van der Waals surface area contributed by atoms with Crippen LogP contribution < -0.4 is 10.6 Å². The third-order valence-corrected chi connectivity index (χ3v) is 7.93. The number of benzene rings is 2. The molecule has 2 heterocycles. The fraction of sp³-hybridized carbons (Fsp3) is 0.310. The van der Waals surface area contributed by atoms with Gasteiger partial charge in [-0.1, -0.05) is 38.0 Å². The standard InChI is InChI=1S/C29H29FN4O4S/c1-2-18-6-5-9-23-19(15-33(27(18)23)16-25(35)31-21-7-3-4-8-21)14-24-28(37)34(29(38)39-24)17-26(36)32-22-12-10-20(30)11-13-22/h5-6,9-15,21H,2-4,7-8,16-17H2,1H3,(H,31,35)(H,32,36)/b24-14-. The van der Waals surface area contributed by atoms with Crippen LogP contribution >= 0.6 is 11.8 Å².